The van der Waals surface area contributed by atoms with Crippen molar-refractivity contribution in [2.45, 2.75) is 45.4 Å². The number of hydrazone groups is 1. The fraction of sp³-hybridized carbons (Fsp3) is 0.500. The maximum absolute atomic E-state index is 12.2. The van der Waals surface area contributed by atoms with E-state index in [1.54, 1.807) is 52.2 Å². The van der Waals surface area contributed by atoms with Crippen LogP contribution in [0, 0.1) is 0 Å². The molecule has 0 aliphatic carbocycles. The number of carbonyl (C=O) groups is 1. The highest BCUT2D eigenvalue weighted by molar-refractivity contribution is 5.87. The highest BCUT2D eigenvalue weighted by atomic mass is 16.6. The molecule has 0 saturated carbocycles. The van der Waals surface area contributed by atoms with Crippen LogP contribution in [0.5, 0.6) is 0 Å². The van der Waals surface area contributed by atoms with Gasteiger partial charge in [-0.3, -0.25) is 4.98 Å². The number of carbonyl (C=O) groups excluding carboxylic acids is 1. The van der Waals surface area contributed by atoms with E-state index in [-0.39, 0.29) is 6.42 Å². The molecule has 6 heteroatoms. The number of rotatable bonds is 1. The standard InChI is InChI=1S/C14H19N3O3/c1-10-9-14(19,11-5-7-15-8-6-11)17(16-10)12(18)20-13(2,3)4/h5-8,19H,9H2,1-4H3/t14-/m1/s1. The van der Waals surface area contributed by atoms with E-state index >= 15 is 0 Å². The number of hydrogen-bond acceptors (Lipinski definition) is 5. The van der Waals surface area contributed by atoms with Gasteiger partial charge in [0.15, 0.2) is 5.72 Å². The first-order valence-electron chi connectivity index (χ1n) is 6.42. The van der Waals surface area contributed by atoms with E-state index < -0.39 is 17.4 Å². The average Bonchev–Trinajstić information content (AvgIpc) is 2.65. The first-order valence-corrected chi connectivity index (χ1v) is 6.42. The van der Waals surface area contributed by atoms with Crippen LogP contribution in [0.25, 0.3) is 0 Å². The fourth-order valence-electron chi connectivity index (χ4n) is 2.06. The largest absolute Gasteiger partial charge is 0.442 e. The fourth-order valence-corrected chi connectivity index (χ4v) is 2.06. The summed E-state index contributed by atoms with van der Waals surface area (Å²) in [5.41, 5.74) is -0.952. The quantitative estimate of drug-likeness (QED) is 0.854. The molecule has 20 heavy (non-hydrogen) atoms. The van der Waals surface area contributed by atoms with Gasteiger partial charge >= 0.3 is 6.09 Å². The summed E-state index contributed by atoms with van der Waals surface area (Å²) >= 11 is 0. The van der Waals surface area contributed by atoms with E-state index in [9.17, 15) is 9.90 Å². The van der Waals surface area contributed by atoms with Crippen molar-refractivity contribution in [2.75, 3.05) is 0 Å². The lowest BCUT2D eigenvalue weighted by Crippen LogP contribution is -2.45. The van der Waals surface area contributed by atoms with Crippen LogP contribution in [-0.4, -0.2) is 32.5 Å². The third-order valence-corrected chi connectivity index (χ3v) is 2.83. The van der Waals surface area contributed by atoms with Crippen LogP contribution in [0.1, 0.15) is 39.7 Å². The number of nitrogens with zero attached hydrogens (tertiary/aromatic N) is 3. The summed E-state index contributed by atoms with van der Waals surface area (Å²) in [5, 5.41) is 16.0. The molecule has 1 amide bonds. The summed E-state index contributed by atoms with van der Waals surface area (Å²) in [6, 6.07) is 3.32. The van der Waals surface area contributed by atoms with Gasteiger partial charge < -0.3 is 9.84 Å². The van der Waals surface area contributed by atoms with Crippen LogP contribution in [-0.2, 0) is 10.5 Å². The van der Waals surface area contributed by atoms with E-state index in [4.69, 9.17) is 4.74 Å². The topological polar surface area (TPSA) is 75.0 Å². The van der Waals surface area contributed by atoms with Crippen molar-refractivity contribution in [3.8, 4) is 0 Å². The number of aliphatic hydroxyl groups is 1. The number of aromatic nitrogens is 1. The lowest BCUT2D eigenvalue weighted by molar-refractivity contribution is -0.0975. The second-order valence-electron chi connectivity index (χ2n) is 5.86. The molecule has 2 rings (SSSR count). The minimum absolute atomic E-state index is 0.246. The monoisotopic (exact) mass is 277 g/mol. The van der Waals surface area contributed by atoms with E-state index in [0.717, 1.165) is 5.01 Å². The van der Waals surface area contributed by atoms with E-state index in [2.05, 4.69) is 10.1 Å². The maximum Gasteiger partial charge on any atom is 0.433 e. The number of ether oxygens (including phenoxy) is 1. The molecule has 0 bridgehead atoms. The Hall–Kier alpha value is -1.95. The Morgan fingerprint density at radius 3 is 2.55 bits per heavy atom. The van der Waals surface area contributed by atoms with Gasteiger partial charge in [0.2, 0.25) is 0 Å². The average molecular weight is 277 g/mol. The molecule has 0 unspecified atom stereocenters. The van der Waals surface area contributed by atoms with Crippen molar-refractivity contribution in [3.63, 3.8) is 0 Å². The van der Waals surface area contributed by atoms with Crippen LogP contribution < -0.4 is 0 Å². The van der Waals surface area contributed by atoms with Crippen LogP contribution >= 0.6 is 0 Å². The summed E-state index contributed by atoms with van der Waals surface area (Å²) in [4.78, 5) is 16.1. The molecule has 0 saturated heterocycles. The molecule has 1 aliphatic heterocycles. The molecule has 108 valence electrons. The molecular formula is C14H19N3O3. The van der Waals surface area contributed by atoms with Crippen molar-refractivity contribution in [1.82, 2.24) is 9.99 Å². The Morgan fingerprint density at radius 2 is 2.00 bits per heavy atom. The van der Waals surface area contributed by atoms with Crippen molar-refractivity contribution in [3.05, 3.63) is 30.1 Å². The Labute approximate surface area is 118 Å². The van der Waals surface area contributed by atoms with Crippen LogP contribution in [0.3, 0.4) is 0 Å². The molecule has 6 nitrogen and oxygen atoms in total. The van der Waals surface area contributed by atoms with Gasteiger partial charge in [-0.05, 0) is 39.8 Å². The molecule has 2 heterocycles. The van der Waals surface area contributed by atoms with Gasteiger partial charge in [-0.15, -0.1) is 0 Å². The zero-order valence-corrected chi connectivity index (χ0v) is 12.1. The van der Waals surface area contributed by atoms with Crippen molar-refractivity contribution >= 4 is 11.8 Å². The highest BCUT2D eigenvalue weighted by Crippen LogP contribution is 2.35. The summed E-state index contributed by atoms with van der Waals surface area (Å²) in [6.07, 6.45) is 2.70. The molecule has 0 fully saturated rings. The number of pyridine rings is 1. The Kier molecular flexibility index (Phi) is 3.52. The SMILES string of the molecule is CC1=NN(C(=O)OC(C)(C)C)[C@](O)(c2ccncc2)C1. The lowest BCUT2D eigenvalue weighted by Gasteiger charge is -2.32. The molecule has 1 aromatic heterocycles. The van der Waals surface area contributed by atoms with Crippen molar-refractivity contribution in [1.29, 1.82) is 0 Å². The first-order chi connectivity index (χ1) is 9.22. The summed E-state index contributed by atoms with van der Waals surface area (Å²) in [5.74, 6) is 0. The normalized spacial score (nSPS) is 22.6. The van der Waals surface area contributed by atoms with Gasteiger partial charge in [0, 0.05) is 30.1 Å². The van der Waals surface area contributed by atoms with Gasteiger partial charge in [-0.2, -0.15) is 10.1 Å². The minimum Gasteiger partial charge on any atom is -0.442 e. The van der Waals surface area contributed by atoms with Crippen molar-refractivity contribution in [2.24, 2.45) is 5.10 Å². The Balaban J connectivity index is 2.32. The number of amides is 1. The van der Waals surface area contributed by atoms with Crippen LogP contribution in [0.4, 0.5) is 4.79 Å². The predicted molar refractivity (Wildman–Crippen MR) is 73.9 cm³/mol. The molecule has 1 aliphatic rings. The molecule has 1 atom stereocenters. The van der Waals surface area contributed by atoms with Gasteiger partial charge in [0.25, 0.3) is 0 Å². The summed E-state index contributed by atoms with van der Waals surface area (Å²) in [7, 11) is 0. The third-order valence-electron chi connectivity index (χ3n) is 2.83. The molecule has 1 N–H and O–H groups in total. The summed E-state index contributed by atoms with van der Waals surface area (Å²) in [6.45, 7) is 7.06. The van der Waals surface area contributed by atoms with Crippen LogP contribution in [0.2, 0.25) is 0 Å². The smallest absolute Gasteiger partial charge is 0.433 e. The number of hydrogen-bond donors (Lipinski definition) is 1. The second-order valence-corrected chi connectivity index (χ2v) is 5.86. The third kappa shape index (κ3) is 2.80. The summed E-state index contributed by atoms with van der Waals surface area (Å²) < 4.78 is 5.29. The van der Waals surface area contributed by atoms with E-state index in [0.29, 0.717) is 11.3 Å². The Bertz CT molecular complexity index is 536. The molecular weight excluding hydrogens is 258 g/mol. The molecule has 0 radical (unpaired) electrons. The molecule has 0 aromatic carbocycles. The van der Waals surface area contributed by atoms with Crippen molar-refractivity contribution < 1.29 is 14.6 Å². The van der Waals surface area contributed by atoms with E-state index in [1.807, 2.05) is 0 Å². The van der Waals surface area contributed by atoms with Gasteiger partial charge in [-0.1, -0.05) is 0 Å². The highest BCUT2D eigenvalue weighted by Gasteiger charge is 2.46. The zero-order valence-electron chi connectivity index (χ0n) is 12.1. The molecule has 0 spiro atoms. The van der Waals surface area contributed by atoms with Gasteiger partial charge in [-0.25, -0.2) is 4.79 Å². The van der Waals surface area contributed by atoms with Crippen LogP contribution in [0.15, 0.2) is 29.6 Å². The second kappa shape index (κ2) is 4.86. The van der Waals surface area contributed by atoms with Gasteiger partial charge in [0.05, 0.1) is 0 Å². The van der Waals surface area contributed by atoms with E-state index in [1.165, 1.54) is 0 Å². The zero-order chi connectivity index (χ0) is 15.0. The molecule has 1 aromatic rings. The first kappa shape index (κ1) is 14.5. The minimum atomic E-state index is -1.52. The Morgan fingerprint density at radius 1 is 1.40 bits per heavy atom. The van der Waals surface area contributed by atoms with Gasteiger partial charge in [0.1, 0.15) is 5.60 Å². The predicted octanol–water partition coefficient (Wildman–Crippen LogP) is 2.24. The lowest BCUT2D eigenvalue weighted by atomic mass is 9.99. The maximum atomic E-state index is 12.2.